The van der Waals surface area contributed by atoms with Crippen LogP contribution in [0.3, 0.4) is 0 Å². The van der Waals surface area contributed by atoms with Gasteiger partial charge in [0.05, 0.1) is 21.4 Å². The average Bonchev–Trinajstić information content (AvgIpc) is 2.72. The summed E-state index contributed by atoms with van der Waals surface area (Å²) in [7, 11) is 1.85. The molecular formula is C14H14BrCl3N2O. The van der Waals surface area contributed by atoms with Crippen molar-refractivity contribution in [3.8, 4) is 5.75 Å². The minimum atomic E-state index is 0.295. The van der Waals surface area contributed by atoms with Crippen molar-refractivity contribution in [2.45, 2.75) is 25.3 Å². The molecule has 1 aromatic heterocycles. The molecule has 3 nitrogen and oxygen atoms in total. The Morgan fingerprint density at radius 1 is 1.29 bits per heavy atom. The molecule has 21 heavy (non-hydrogen) atoms. The summed E-state index contributed by atoms with van der Waals surface area (Å²) in [5.74, 6) is 0.605. The Kier molecular flexibility index (Phi) is 5.83. The molecule has 0 bridgehead atoms. The number of nitrogens with zero attached hydrogens (tertiary/aromatic N) is 2. The second-order valence-electron chi connectivity index (χ2n) is 4.48. The SMILES string of the molecule is CCc1nn(C)c(COc2c(Cl)cc(Cl)cc2CBr)c1Cl. The fourth-order valence-electron chi connectivity index (χ4n) is 1.99. The standard InChI is InChI=1S/C14H14BrCl3N2O/c1-3-11-13(18)12(20(2)19-11)7-21-14-8(6-15)4-9(16)5-10(14)17/h4-5H,3,6-7H2,1-2H3. The zero-order valence-corrected chi connectivity index (χ0v) is 15.4. The first kappa shape index (κ1) is 16.9. The van der Waals surface area contributed by atoms with Gasteiger partial charge in [-0.25, -0.2) is 0 Å². The van der Waals surface area contributed by atoms with E-state index >= 15 is 0 Å². The molecule has 0 fully saturated rings. The highest BCUT2D eigenvalue weighted by Crippen LogP contribution is 2.34. The number of ether oxygens (including phenoxy) is 1. The number of aryl methyl sites for hydroxylation is 2. The number of halogens is 4. The van der Waals surface area contributed by atoms with Crippen LogP contribution in [0.15, 0.2) is 12.1 Å². The third-order valence-electron chi connectivity index (χ3n) is 3.09. The summed E-state index contributed by atoms with van der Waals surface area (Å²) >= 11 is 21.9. The van der Waals surface area contributed by atoms with Crippen molar-refractivity contribution in [2.24, 2.45) is 7.05 Å². The van der Waals surface area contributed by atoms with Crippen molar-refractivity contribution in [1.29, 1.82) is 0 Å². The van der Waals surface area contributed by atoms with Gasteiger partial charge in [-0.05, 0) is 18.6 Å². The van der Waals surface area contributed by atoms with Gasteiger partial charge in [-0.3, -0.25) is 4.68 Å². The van der Waals surface area contributed by atoms with Gasteiger partial charge >= 0.3 is 0 Å². The molecule has 0 N–H and O–H groups in total. The predicted octanol–water partition coefficient (Wildman–Crippen LogP) is 5.42. The molecule has 0 aliphatic carbocycles. The summed E-state index contributed by atoms with van der Waals surface area (Å²) in [6, 6.07) is 3.48. The Hall–Kier alpha value is -0.420. The summed E-state index contributed by atoms with van der Waals surface area (Å²) in [4.78, 5) is 0. The Labute approximate surface area is 147 Å². The molecule has 7 heteroatoms. The van der Waals surface area contributed by atoms with Crippen molar-refractivity contribution in [3.63, 3.8) is 0 Å². The quantitative estimate of drug-likeness (QED) is 0.614. The minimum absolute atomic E-state index is 0.295. The molecule has 0 amide bonds. The lowest BCUT2D eigenvalue weighted by Gasteiger charge is -2.13. The summed E-state index contributed by atoms with van der Waals surface area (Å²) in [6.45, 7) is 2.31. The zero-order chi connectivity index (χ0) is 15.6. The van der Waals surface area contributed by atoms with Gasteiger partial charge in [0.15, 0.2) is 0 Å². The highest BCUT2D eigenvalue weighted by atomic mass is 79.9. The lowest BCUT2D eigenvalue weighted by molar-refractivity contribution is 0.293. The Balaban J connectivity index is 2.27. The number of alkyl halides is 1. The first-order valence-electron chi connectivity index (χ1n) is 6.34. The van der Waals surface area contributed by atoms with Crippen LogP contribution in [0.4, 0.5) is 0 Å². The molecule has 0 atom stereocenters. The van der Waals surface area contributed by atoms with Crippen molar-refractivity contribution in [2.75, 3.05) is 0 Å². The first-order valence-corrected chi connectivity index (χ1v) is 8.60. The lowest BCUT2D eigenvalue weighted by Crippen LogP contribution is -2.05. The fourth-order valence-corrected chi connectivity index (χ4v) is 3.35. The third-order valence-corrected chi connectivity index (χ3v) is 4.62. The van der Waals surface area contributed by atoms with Gasteiger partial charge < -0.3 is 4.74 Å². The number of benzene rings is 1. The highest BCUT2D eigenvalue weighted by Gasteiger charge is 2.16. The van der Waals surface area contributed by atoms with Gasteiger partial charge in [0.1, 0.15) is 12.4 Å². The maximum atomic E-state index is 6.31. The molecule has 2 aromatic rings. The van der Waals surface area contributed by atoms with Crippen molar-refractivity contribution in [3.05, 3.63) is 44.2 Å². The van der Waals surface area contributed by atoms with Crippen molar-refractivity contribution in [1.82, 2.24) is 9.78 Å². The van der Waals surface area contributed by atoms with Crippen molar-refractivity contribution < 1.29 is 4.74 Å². The maximum absolute atomic E-state index is 6.31. The number of hydrogen-bond donors (Lipinski definition) is 0. The van der Waals surface area contributed by atoms with Gasteiger partial charge in [-0.2, -0.15) is 5.10 Å². The second kappa shape index (κ2) is 7.23. The molecule has 1 heterocycles. The van der Waals surface area contributed by atoms with Crippen LogP contribution in [0.25, 0.3) is 0 Å². The average molecular weight is 413 g/mol. The minimum Gasteiger partial charge on any atom is -0.485 e. The van der Waals surface area contributed by atoms with E-state index in [-0.39, 0.29) is 0 Å². The number of rotatable bonds is 5. The van der Waals surface area contributed by atoms with E-state index in [2.05, 4.69) is 21.0 Å². The summed E-state index contributed by atoms with van der Waals surface area (Å²) in [6.07, 6.45) is 0.779. The topological polar surface area (TPSA) is 27.1 Å². The van der Waals surface area contributed by atoms with Crippen LogP contribution in [0.1, 0.15) is 23.9 Å². The largest absolute Gasteiger partial charge is 0.485 e. The van der Waals surface area contributed by atoms with Crippen LogP contribution < -0.4 is 4.74 Å². The van der Waals surface area contributed by atoms with Crippen molar-refractivity contribution >= 4 is 50.7 Å². The van der Waals surface area contributed by atoms with E-state index in [0.717, 1.165) is 23.4 Å². The summed E-state index contributed by atoms with van der Waals surface area (Å²) in [5.41, 5.74) is 2.57. The molecule has 0 saturated heterocycles. The molecule has 114 valence electrons. The van der Waals surface area contributed by atoms with Crippen LogP contribution in [-0.2, 0) is 25.4 Å². The van der Waals surface area contributed by atoms with Gasteiger partial charge in [-0.1, -0.05) is 57.7 Å². The Morgan fingerprint density at radius 3 is 2.57 bits per heavy atom. The van der Waals surface area contributed by atoms with Crippen LogP contribution in [0, 0.1) is 0 Å². The molecule has 2 rings (SSSR count). The van der Waals surface area contributed by atoms with E-state index < -0.39 is 0 Å². The number of hydrogen-bond acceptors (Lipinski definition) is 2. The van der Waals surface area contributed by atoms with E-state index in [0.29, 0.717) is 32.8 Å². The van der Waals surface area contributed by atoms with E-state index in [1.807, 2.05) is 20.0 Å². The molecule has 0 unspecified atom stereocenters. The number of aromatic nitrogens is 2. The smallest absolute Gasteiger partial charge is 0.142 e. The molecule has 0 radical (unpaired) electrons. The summed E-state index contributed by atoms with van der Waals surface area (Å²) < 4.78 is 7.59. The van der Waals surface area contributed by atoms with E-state index in [9.17, 15) is 0 Å². The molecule has 0 spiro atoms. The maximum Gasteiger partial charge on any atom is 0.142 e. The van der Waals surface area contributed by atoms with Crippen LogP contribution in [-0.4, -0.2) is 9.78 Å². The van der Waals surface area contributed by atoms with E-state index in [1.165, 1.54) is 0 Å². The summed E-state index contributed by atoms with van der Waals surface area (Å²) in [5, 5.41) is 6.66. The van der Waals surface area contributed by atoms with Crippen LogP contribution in [0.5, 0.6) is 5.75 Å². The lowest BCUT2D eigenvalue weighted by atomic mass is 10.2. The van der Waals surface area contributed by atoms with Gasteiger partial charge in [0.2, 0.25) is 0 Å². The second-order valence-corrected chi connectivity index (χ2v) is 6.27. The normalized spacial score (nSPS) is 11.0. The Morgan fingerprint density at radius 2 is 2.00 bits per heavy atom. The molecular weight excluding hydrogens is 398 g/mol. The van der Waals surface area contributed by atoms with E-state index in [1.54, 1.807) is 10.7 Å². The molecule has 1 aromatic carbocycles. The predicted molar refractivity (Wildman–Crippen MR) is 91.0 cm³/mol. The molecule has 0 aliphatic rings. The Bertz CT molecular complexity index is 658. The van der Waals surface area contributed by atoms with Crippen LogP contribution >= 0.6 is 50.7 Å². The first-order chi connectivity index (χ1) is 9.97. The third kappa shape index (κ3) is 3.67. The monoisotopic (exact) mass is 410 g/mol. The molecule has 0 saturated carbocycles. The molecule has 0 aliphatic heterocycles. The highest BCUT2D eigenvalue weighted by molar-refractivity contribution is 9.08. The van der Waals surface area contributed by atoms with Gasteiger partial charge in [-0.15, -0.1) is 0 Å². The van der Waals surface area contributed by atoms with Gasteiger partial charge in [0, 0.05) is 23.0 Å². The van der Waals surface area contributed by atoms with Gasteiger partial charge in [0.25, 0.3) is 0 Å². The zero-order valence-electron chi connectivity index (χ0n) is 11.6. The van der Waals surface area contributed by atoms with Crippen LogP contribution in [0.2, 0.25) is 15.1 Å². The van der Waals surface area contributed by atoms with E-state index in [4.69, 9.17) is 39.5 Å². The fraction of sp³-hybridized carbons (Fsp3) is 0.357.